The molecule has 124 valence electrons. The van der Waals surface area contributed by atoms with E-state index >= 15 is 0 Å². The minimum absolute atomic E-state index is 0. The highest BCUT2D eigenvalue weighted by Crippen LogP contribution is 2.25. The van der Waals surface area contributed by atoms with Crippen molar-refractivity contribution in [3.63, 3.8) is 0 Å². The van der Waals surface area contributed by atoms with Crippen LogP contribution in [0.15, 0.2) is 18.2 Å². The molecule has 1 aromatic carbocycles. The van der Waals surface area contributed by atoms with Gasteiger partial charge >= 0.3 is 0 Å². The first-order valence-corrected chi connectivity index (χ1v) is 8.27. The molecule has 1 aromatic rings. The summed E-state index contributed by atoms with van der Waals surface area (Å²) in [5.74, 6) is 0.782. The molecular weight excluding hydrogens is 343 g/mol. The Hall–Kier alpha value is -0.480. The Morgan fingerprint density at radius 1 is 1.32 bits per heavy atom. The lowest BCUT2D eigenvalue weighted by molar-refractivity contribution is -0.122. The molecule has 1 amide bonds. The molecule has 6 heteroatoms. The zero-order chi connectivity index (χ0) is 15.2. The van der Waals surface area contributed by atoms with Gasteiger partial charge in [-0.05, 0) is 62.9 Å². The fourth-order valence-corrected chi connectivity index (χ4v) is 2.99. The molecule has 1 unspecified atom stereocenters. The number of nitrogens with one attached hydrogen (secondary N) is 2. The number of piperidine rings is 1. The van der Waals surface area contributed by atoms with E-state index in [1.165, 1.54) is 12.8 Å². The summed E-state index contributed by atoms with van der Waals surface area (Å²) in [6, 6.07) is 5.41. The number of halogens is 3. The molecular formula is C16H23Cl3N2O. The van der Waals surface area contributed by atoms with E-state index < -0.39 is 0 Å². The minimum atomic E-state index is -0.0553. The fraction of sp³-hybridized carbons (Fsp3) is 0.562. The summed E-state index contributed by atoms with van der Waals surface area (Å²) in [6.07, 6.45) is 3.92. The van der Waals surface area contributed by atoms with Crippen molar-refractivity contribution < 1.29 is 4.79 Å². The Kier molecular flexibility index (Phi) is 8.55. The molecule has 0 aromatic heterocycles. The van der Waals surface area contributed by atoms with Crippen LogP contribution in [0.5, 0.6) is 0 Å². The minimum Gasteiger partial charge on any atom is -0.350 e. The van der Waals surface area contributed by atoms with Gasteiger partial charge < -0.3 is 10.6 Å². The fourth-order valence-electron chi connectivity index (χ4n) is 2.68. The summed E-state index contributed by atoms with van der Waals surface area (Å²) >= 11 is 11.9. The molecule has 1 fully saturated rings. The van der Waals surface area contributed by atoms with Crippen LogP contribution < -0.4 is 10.6 Å². The van der Waals surface area contributed by atoms with E-state index in [0.717, 1.165) is 25.1 Å². The van der Waals surface area contributed by atoms with Crippen molar-refractivity contribution in [3.8, 4) is 0 Å². The number of rotatable bonds is 5. The molecule has 1 heterocycles. The molecule has 22 heavy (non-hydrogen) atoms. The van der Waals surface area contributed by atoms with Crippen molar-refractivity contribution in [1.82, 2.24) is 10.6 Å². The van der Waals surface area contributed by atoms with Crippen LogP contribution in [0.2, 0.25) is 10.0 Å². The van der Waals surface area contributed by atoms with Crippen molar-refractivity contribution in [3.05, 3.63) is 33.8 Å². The maximum atomic E-state index is 12.0. The lowest BCUT2D eigenvalue weighted by Crippen LogP contribution is -2.30. The van der Waals surface area contributed by atoms with Crippen LogP contribution in [0, 0.1) is 5.92 Å². The maximum absolute atomic E-state index is 12.0. The molecule has 2 N–H and O–H groups in total. The molecule has 1 aliphatic heterocycles. The van der Waals surface area contributed by atoms with Crippen LogP contribution in [0.1, 0.15) is 44.2 Å². The molecule has 1 atom stereocenters. The third kappa shape index (κ3) is 5.96. The average Bonchev–Trinajstić information content (AvgIpc) is 2.49. The van der Waals surface area contributed by atoms with E-state index in [9.17, 15) is 4.79 Å². The van der Waals surface area contributed by atoms with E-state index in [1.54, 1.807) is 6.07 Å². The molecule has 0 spiro atoms. The summed E-state index contributed by atoms with van der Waals surface area (Å²) in [5, 5.41) is 7.42. The van der Waals surface area contributed by atoms with E-state index in [0.29, 0.717) is 22.4 Å². The number of benzene rings is 1. The summed E-state index contributed by atoms with van der Waals surface area (Å²) in [5.41, 5.74) is 0.972. The molecule has 0 bridgehead atoms. The van der Waals surface area contributed by atoms with E-state index in [-0.39, 0.29) is 24.4 Å². The zero-order valence-corrected chi connectivity index (χ0v) is 15.0. The Morgan fingerprint density at radius 2 is 2.00 bits per heavy atom. The largest absolute Gasteiger partial charge is 0.350 e. The second-order valence-corrected chi connectivity index (χ2v) is 6.51. The van der Waals surface area contributed by atoms with Crippen molar-refractivity contribution in [2.75, 3.05) is 13.1 Å². The average molecular weight is 366 g/mol. The second-order valence-electron chi connectivity index (χ2n) is 5.69. The Labute approximate surface area is 148 Å². The summed E-state index contributed by atoms with van der Waals surface area (Å²) < 4.78 is 0. The maximum Gasteiger partial charge on any atom is 0.220 e. The van der Waals surface area contributed by atoms with Crippen LogP contribution in [-0.2, 0) is 4.79 Å². The standard InChI is InChI=1S/C16H22Cl2N2O.ClH/c1-11(13-3-4-14(17)15(18)10-13)20-16(21)5-2-12-6-8-19-9-7-12;/h3-4,10-12,19H,2,5-9H2,1H3,(H,20,21);1H. The molecule has 1 saturated heterocycles. The van der Waals surface area contributed by atoms with Crippen molar-refractivity contribution in [2.45, 2.75) is 38.6 Å². The highest BCUT2D eigenvalue weighted by atomic mass is 35.5. The van der Waals surface area contributed by atoms with Gasteiger partial charge in [0, 0.05) is 6.42 Å². The van der Waals surface area contributed by atoms with Gasteiger partial charge in [0.25, 0.3) is 0 Å². The first-order chi connectivity index (χ1) is 10.1. The van der Waals surface area contributed by atoms with Crippen LogP contribution in [0.25, 0.3) is 0 Å². The molecule has 0 saturated carbocycles. The quantitative estimate of drug-likeness (QED) is 0.813. The number of hydrogen-bond acceptors (Lipinski definition) is 2. The molecule has 2 rings (SSSR count). The van der Waals surface area contributed by atoms with Gasteiger partial charge in [0.2, 0.25) is 5.91 Å². The predicted molar refractivity (Wildman–Crippen MR) is 95.1 cm³/mol. The normalized spacial score (nSPS) is 16.7. The van der Waals surface area contributed by atoms with E-state index in [2.05, 4.69) is 10.6 Å². The number of hydrogen-bond donors (Lipinski definition) is 2. The van der Waals surface area contributed by atoms with Crippen LogP contribution in [0.4, 0.5) is 0 Å². The third-order valence-electron chi connectivity index (χ3n) is 4.06. The third-order valence-corrected chi connectivity index (χ3v) is 4.80. The predicted octanol–water partition coefficient (Wildman–Crippen LogP) is 4.37. The molecule has 0 radical (unpaired) electrons. The SMILES string of the molecule is CC(NC(=O)CCC1CCNCC1)c1ccc(Cl)c(Cl)c1.Cl. The molecule has 3 nitrogen and oxygen atoms in total. The first-order valence-electron chi connectivity index (χ1n) is 7.51. The van der Waals surface area contributed by atoms with Crippen molar-refractivity contribution >= 4 is 41.5 Å². The highest BCUT2D eigenvalue weighted by molar-refractivity contribution is 6.42. The number of carbonyl (C=O) groups is 1. The van der Waals surface area contributed by atoms with Crippen molar-refractivity contribution in [1.29, 1.82) is 0 Å². The van der Waals surface area contributed by atoms with Gasteiger partial charge in [0.1, 0.15) is 0 Å². The number of amides is 1. The summed E-state index contributed by atoms with van der Waals surface area (Å²) in [6.45, 7) is 4.11. The Morgan fingerprint density at radius 3 is 2.64 bits per heavy atom. The number of carbonyl (C=O) groups excluding carboxylic acids is 1. The molecule has 0 aliphatic carbocycles. The van der Waals surface area contributed by atoms with Gasteiger partial charge in [-0.25, -0.2) is 0 Å². The summed E-state index contributed by atoms with van der Waals surface area (Å²) in [4.78, 5) is 12.0. The van der Waals surface area contributed by atoms with E-state index in [1.807, 2.05) is 19.1 Å². The zero-order valence-electron chi connectivity index (χ0n) is 12.7. The van der Waals surface area contributed by atoms with Crippen LogP contribution >= 0.6 is 35.6 Å². The highest BCUT2D eigenvalue weighted by Gasteiger charge is 2.16. The van der Waals surface area contributed by atoms with Gasteiger partial charge in [0.15, 0.2) is 0 Å². The first kappa shape index (κ1) is 19.6. The monoisotopic (exact) mass is 364 g/mol. The van der Waals surface area contributed by atoms with Gasteiger partial charge in [-0.2, -0.15) is 0 Å². The summed E-state index contributed by atoms with van der Waals surface area (Å²) in [7, 11) is 0. The second kappa shape index (κ2) is 9.61. The Balaban J connectivity index is 0.00000242. The molecule has 1 aliphatic rings. The van der Waals surface area contributed by atoms with Crippen LogP contribution in [-0.4, -0.2) is 19.0 Å². The van der Waals surface area contributed by atoms with Gasteiger partial charge in [0.05, 0.1) is 16.1 Å². The lowest BCUT2D eigenvalue weighted by Gasteiger charge is -2.22. The van der Waals surface area contributed by atoms with Gasteiger partial charge in [-0.1, -0.05) is 29.3 Å². The topological polar surface area (TPSA) is 41.1 Å². The lowest BCUT2D eigenvalue weighted by atomic mass is 9.93. The van der Waals surface area contributed by atoms with Crippen molar-refractivity contribution in [2.24, 2.45) is 5.92 Å². The smallest absolute Gasteiger partial charge is 0.220 e. The van der Waals surface area contributed by atoms with Gasteiger partial charge in [-0.3, -0.25) is 4.79 Å². The van der Waals surface area contributed by atoms with Crippen LogP contribution in [0.3, 0.4) is 0 Å². The van der Waals surface area contributed by atoms with Gasteiger partial charge in [-0.15, -0.1) is 12.4 Å². The van der Waals surface area contributed by atoms with E-state index in [4.69, 9.17) is 23.2 Å². The Bertz CT molecular complexity index is 490.